The van der Waals surface area contributed by atoms with Gasteiger partial charge >= 0.3 is 5.69 Å². The van der Waals surface area contributed by atoms with Gasteiger partial charge in [-0.25, -0.2) is 4.79 Å². The van der Waals surface area contributed by atoms with E-state index in [4.69, 9.17) is 4.74 Å². The third-order valence-electron chi connectivity index (χ3n) is 7.28. The van der Waals surface area contributed by atoms with Gasteiger partial charge in [0.25, 0.3) is 5.91 Å². The third-order valence-corrected chi connectivity index (χ3v) is 8.98. The number of imidazole rings is 1. The molecule has 1 aromatic heterocycles. The van der Waals surface area contributed by atoms with Crippen molar-refractivity contribution in [2.75, 3.05) is 18.2 Å². The Kier molecular flexibility index (Phi) is 8.19. The van der Waals surface area contributed by atoms with Crippen molar-refractivity contribution in [1.29, 1.82) is 5.26 Å². The molecule has 0 aliphatic heterocycles. The number of aryl methyl sites for hydroxylation is 2. The first kappa shape index (κ1) is 29.1. The van der Waals surface area contributed by atoms with Crippen LogP contribution in [0.4, 0.5) is 5.69 Å². The van der Waals surface area contributed by atoms with Gasteiger partial charge in [0.15, 0.2) is 0 Å². The lowest BCUT2D eigenvalue weighted by Gasteiger charge is -2.26. The fourth-order valence-electron chi connectivity index (χ4n) is 4.58. The van der Waals surface area contributed by atoms with Crippen molar-refractivity contribution >= 4 is 30.7 Å². The van der Waals surface area contributed by atoms with Gasteiger partial charge in [-0.3, -0.25) is 18.8 Å². The van der Waals surface area contributed by atoms with Crippen molar-refractivity contribution in [3.8, 4) is 11.8 Å². The van der Waals surface area contributed by atoms with Crippen molar-refractivity contribution in [3.05, 3.63) is 93.9 Å². The Morgan fingerprint density at radius 2 is 1.73 bits per heavy atom. The second-order valence-corrected chi connectivity index (χ2v) is 17.7. The summed E-state index contributed by atoms with van der Waals surface area (Å²) in [5.74, 6) is -0.233. The van der Waals surface area contributed by atoms with E-state index in [1.165, 1.54) is 0 Å². The molecular formula is C32H38N4O3Si. The fraction of sp³-hybridized carbons (Fsp3) is 0.344. The zero-order valence-corrected chi connectivity index (χ0v) is 25.5. The van der Waals surface area contributed by atoms with Crippen molar-refractivity contribution in [1.82, 2.24) is 9.13 Å². The minimum atomic E-state index is -1.32. The number of para-hydroxylation sites is 2. The molecule has 0 radical (unpaired) electrons. The number of nitrogens with zero attached hydrogens (tertiary/aromatic N) is 4. The summed E-state index contributed by atoms with van der Waals surface area (Å²) in [6, 6.07) is 23.9. The molecule has 7 nitrogen and oxygen atoms in total. The smallest absolute Gasteiger partial charge is 0.333 e. The summed E-state index contributed by atoms with van der Waals surface area (Å²) < 4.78 is 9.40. The Hall–Kier alpha value is -3.93. The topological polar surface area (TPSA) is 80.3 Å². The van der Waals surface area contributed by atoms with Crippen LogP contribution >= 0.6 is 0 Å². The molecule has 0 N–H and O–H groups in total. The maximum Gasteiger partial charge on any atom is 0.333 e. The predicted octanol–water partition coefficient (Wildman–Crippen LogP) is 6.40. The van der Waals surface area contributed by atoms with Crippen LogP contribution in [0.1, 0.15) is 35.3 Å². The number of carbonyl (C=O) groups is 1. The Bertz CT molecular complexity index is 1650. The molecule has 0 spiro atoms. The number of nitriles is 1. The SMILES string of the molecule is Cc1ccc(N(COCC[Si](C)(C)C)C(=O)c2cccc(C(C)(C)C#N)c2)cc1-n1c(=O)n(C)c2ccccc21. The summed E-state index contributed by atoms with van der Waals surface area (Å²) in [5, 5.41) is 9.65. The van der Waals surface area contributed by atoms with Crippen LogP contribution in [0.15, 0.2) is 71.5 Å². The van der Waals surface area contributed by atoms with E-state index in [0.717, 1.165) is 28.2 Å². The quantitative estimate of drug-likeness (QED) is 0.136. The zero-order chi connectivity index (χ0) is 29.2. The standard InChI is InChI=1S/C32H38N4O3Si/c1-23-15-16-26(20-29(23)36-28-14-9-8-13-27(28)34(4)31(36)38)35(22-39-17-18-40(5,6)7)30(37)24-11-10-12-25(19-24)32(2,3)21-33/h8-16,19-20H,17-18,22H2,1-7H3. The van der Waals surface area contributed by atoms with Gasteiger partial charge in [0.05, 0.1) is 28.2 Å². The van der Waals surface area contributed by atoms with Gasteiger partial charge < -0.3 is 4.74 Å². The van der Waals surface area contributed by atoms with Gasteiger partial charge in [0, 0.05) is 33.0 Å². The summed E-state index contributed by atoms with van der Waals surface area (Å²) in [7, 11) is 0.440. The van der Waals surface area contributed by atoms with E-state index in [1.807, 2.05) is 75.4 Å². The average Bonchev–Trinajstić information content (AvgIpc) is 3.18. The highest BCUT2D eigenvalue weighted by molar-refractivity contribution is 6.76. The molecule has 0 aliphatic carbocycles. The van der Waals surface area contributed by atoms with Crippen molar-refractivity contribution in [2.45, 2.75) is 51.9 Å². The van der Waals surface area contributed by atoms with Gasteiger partial charge in [-0.2, -0.15) is 5.26 Å². The monoisotopic (exact) mass is 554 g/mol. The number of ether oxygens (including phenoxy) is 1. The van der Waals surface area contributed by atoms with E-state index in [2.05, 4.69) is 25.7 Å². The number of rotatable bonds is 9. The molecule has 1 heterocycles. The Morgan fingerprint density at radius 1 is 1.02 bits per heavy atom. The first-order chi connectivity index (χ1) is 18.8. The Balaban J connectivity index is 1.79. The highest BCUT2D eigenvalue weighted by Gasteiger charge is 2.25. The molecule has 0 saturated carbocycles. The number of anilines is 1. The molecular weight excluding hydrogens is 516 g/mol. The summed E-state index contributed by atoms with van der Waals surface area (Å²) in [5.41, 5.74) is 4.22. The van der Waals surface area contributed by atoms with Gasteiger partial charge in [0.2, 0.25) is 0 Å². The summed E-state index contributed by atoms with van der Waals surface area (Å²) in [4.78, 5) is 29.0. The van der Waals surface area contributed by atoms with E-state index in [9.17, 15) is 14.9 Å². The van der Waals surface area contributed by atoms with Crippen LogP contribution in [0, 0.1) is 18.3 Å². The molecule has 0 unspecified atom stereocenters. The summed E-state index contributed by atoms with van der Waals surface area (Å²) in [6.07, 6.45) is 0. The molecule has 0 saturated heterocycles. The summed E-state index contributed by atoms with van der Waals surface area (Å²) in [6.45, 7) is 13.1. The molecule has 1 amide bonds. The lowest BCUT2D eigenvalue weighted by molar-refractivity contribution is 0.0900. The molecule has 4 rings (SSSR count). The number of hydrogen-bond acceptors (Lipinski definition) is 4. The molecule has 3 aromatic carbocycles. The number of aromatic nitrogens is 2. The minimum Gasteiger partial charge on any atom is -0.361 e. The fourth-order valence-corrected chi connectivity index (χ4v) is 5.34. The molecule has 40 heavy (non-hydrogen) atoms. The maximum atomic E-state index is 14.0. The number of carbonyl (C=O) groups excluding carboxylic acids is 1. The second-order valence-electron chi connectivity index (χ2n) is 12.0. The zero-order valence-electron chi connectivity index (χ0n) is 24.5. The highest BCUT2D eigenvalue weighted by atomic mass is 28.3. The third kappa shape index (κ3) is 5.96. The first-order valence-electron chi connectivity index (χ1n) is 13.5. The highest BCUT2D eigenvalue weighted by Crippen LogP contribution is 2.28. The van der Waals surface area contributed by atoms with Crippen LogP contribution < -0.4 is 10.6 Å². The molecule has 0 atom stereocenters. The van der Waals surface area contributed by atoms with Crippen LogP contribution in [-0.2, 0) is 17.2 Å². The lowest BCUT2D eigenvalue weighted by atomic mass is 9.85. The van der Waals surface area contributed by atoms with Crippen LogP contribution in [0.3, 0.4) is 0 Å². The normalized spacial score (nSPS) is 11.9. The molecule has 4 aromatic rings. The van der Waals surface area contributed by atoms with E-state index in [1.54, 1.807) is 33.2 Å². The first-order valence-corrected chi connectivity index (χ1v) is 17.2. The number of amides is 1. The minimum absolute atomic E-state index is 0.0715. The van der Waals surface area contributed by atoms with Crippen LogP contribution in [-0.4, -0.2) is 36.5 Å². The molecule has 0 aliphatic rings. The van der Waals surface area contributed by atoms with Crippen molar-refractivity contribution in [2.24, 2.45) is 7.05 Å². The van der Waals surface area contributed by atoms with Gasteiger partial charge in [0.1, 0.15) is 6.73 Å². The maximum absolute atomic E-state index is 14.0. The number of fused-ring (bicyclic) bond motifs is 1. The number of hydrogen-bond donors (Lipinski definition) is 0. The summed E-state index contributed by atoms with van der Waals surface area (Å²) >= 11 is 0. The van der Waals surface area contributed by atoms with Crippen LogP contribution in [0.25, 0.3) is 16.7 Å². The molecule has 208 valence electrons. The average molecular weight is 555 g/mol. The van der Waals surface area contributed by atoms with Crippen LogP contribution in [0.2, 0.25) is 25.7 Å². The predicted molar refractivity (Wildman–Crippen MR) is 164 cm³/mol. The van der Waals surface area contributed by atoms with E-state index < -0.39 is 13.5 Å². The second kappa shape index (κ2) is 11.3. The molecule has 0 fully saturated rings. The molecule has 8 heteroatoms. The van der Waals surface area contributed by atoms with Gasteiger partial charge in [-0.15, -0.1) is 0 Å². The van der Waals surface area contributed by atoms with Crippen molar-refractivity contribution in [3.63, 3.8) is 0 Å². The lowest BCUT2D eigenvalue weighted by Crippen LogP contribution is -2.34. The van der Waals surface area contributed by atoms with Gasteiger partial charge in [-0.1, -0.05) is 50.0 Å². The van der Waals surface area contributed by atoms with Gasteiger partial charge in [-0.05, 0) is 74.3 Å². The van der Waals surface area contributed by atoms with Crippen molar-refractivity contribution < 1.29 is 9.53 Å². The van der Waals surface area contributed by atoms with Crippen LogP contribution in [0.5, 0.6) is 0 Å². The number of benzene rings is 3. The Morgan fingerprint density at radius 3 is 2.40 bits per heavy atom. The van der Waals surface area contributed by atoms with E-state index >= 15 is 0 Å². The van der Waals surface area contributed by atoms with E-state index in [0.29, 0.717) is 23.5 Å². The largest absolute Gasteiger partial charge is 0.361 e. The Labute approximate surface area is 237 Å². The van der Waals surface area contributed by atoms with E-state index in [-0.39, 0.29) is 18.3 Å². The molecule has 0 bridgehead atoms.